The number of fused-ring (bicyclic) bond motifs is 1. The molecule has 1 amide bonds. The smallest absolute Gasteiger partial charge is 0.259 e. The summed E-state index contributed by atoms with van der Waals surface area (Å²) in [6.07, 6.45) is 4.85. The number of hydrogen-bond acceptors (Lipinski definition) is 4. The van der Waals surface area contributed by atoms with Gasteiger partial charge in [-0.25, -0.2) is 4.90 Å². The third kappa shape index (κ3) is 1.88. The van der Waals surface area contributed by atoms with E-state index >= 15 is 0 Å². The van der Waals surface area contributed by atoms with Gasteiger partial charge in [0.25, 0.3) is 5.91 Å². The zero-order valence-electron chi connectivity index (χ0n) is 8.92. The molecule has 0 fully saturated rings. The van der Waals surface area contributed by atoms with E-state index < -0.39 is 5.91 Å². The molecule has 0 bridgehead atoms. The number of rotatable bonds is 0. The van der Waals surface area contributed by atoms with Crippen LogP contribution in [0.2, 0.25) is 0 Å². The van der Waals surface area contributed by atoms with Gasteiger partial charge < -0.3 is 10.6 Å². The first kappa shape index (κ1) is 10.9. The fourth-order valence-electron chi connectivity index (χ4n) is 1.66. The van der Waals surface area contributed by atoms with Gasteiger partial charge in [0.15, 0.2) is 12.2 Å². The molecule has 0 saturated heterocycles. The summed E-state index contributed by atoms with van der Waals surface area (Å²) in [5.74, 6) is -0.615. The zero-order valence-corrected chi connectivity index (χ0v) is 8.92. The third-order valence-electron chi connectivity index (χ3n) is 2.51. The summed E-state index contributed by atoms with van der Waals surface area (Å²) in [6.45, 7) is 0.231. The highest BCUT2D eigenvalue weighted by Crippen LogP contribution is 2.23. The van der Waals surface area contributed by atoms with Crippen LogP contribution in [0, 0.1) is 16.9 Å². The molecule has 17 heavy (non-hydrogen) atoms. The molecule has 2 rings (SSSR count). The summed E-state index contributed by atoms with van der Waals surface area (Å²) in [6, 6.07) is 1.70. The quantitative estimate of drug-likeness (QED) is 0.358. The van der Waals surface area contributed by atoms with Gasteiger partial charge in [-0.05, 0) is 11.6 Å². The Bertz CT molecular complexity index is 520. The molecular weight excluding hydrogens is 220 g/mol. The SMILES string of the molecule is N#CN1C(=O)CN(C(=N)N)Cc2ccncc21. The number of anilines is 1. The second-order valence-electron chi connectivity index (χ2n) is 3.57. The van der Waals surface area contributed by atoms with Crippen LogP contribution in [0.3, 0.4) is 0 Å². The van der Waals surface area contributed by atoms with E-state index in [1.807, 2.05) is 6.19 Å². The topological polar surface area (TPSA) is 110 Å². The van der Waals surface area contributed by atoms with E-state index in [-0.39, 0.29) is 12.5 Å². The molecule has 0 unspecified atom stereocenters. The van der Waals surface area contributed by atoms with Gasteiger partial charge in [-0.1, -0.05) is 0 Å². The minimum Gasteiger partial charge on any atom is -0.370 e. The van der Waals surface area contributed by atoms with Crippen molar-refractivity contribution >= 4 is 17.6 Å². The summed E-state index contributed by atoms with van der Waals surface area (Å²) in [4.78, 5) is 18.1. The van der Waals surface area contributed by atoms with Crippen LogP contribution in [-0.2, 0) is 11.3 Å². The number of hydrogen-bond donors (Lipinski definition) is 2. The Morgan fingerprint density at radius 1 is 1.59 bits per heavy atom. The maximum atomic E-state index is 11.8. The number of guanidine groups is 1. The van der Waals surface area contributed by atoms with Gasteiger partial charge >= 0.3 is 0 Å². The maximum absolute atomic E-state index is 11.8. The number of amides is 1. The van der Waals surface area contributed by atoms with Crippen molar-refractivity contribution in [2.75, 3.05) is 11.4 Å². The third-order valence-corrected chi connectivity index (χ3v) is 2.51. The van der Waals surface area contributed by atoms with Crippen LogP contribution in [0.1, 0.15) is 5.56 Å². The molecule has 0 aromatic carbocycles. The van der Waals surface area contributed by atoms with Crippen LogP contribution >= 0.6 is 0 Å². The molecule has 1 aliphatic heterocycles. The Hall–Kier alpha value is -2.62. The molecule has 0 radical (unpaired) electrons. The monoisotopic (exact) mass is 230 g/mol. The first-order chi connectivity index (χ1) is 8.13. The molecule has 1 aliphatic rings. The van der Waals surface area contributed by atoms with Crippen molar-refractivity contribution in [2.24, 2.45) is 5.73 Å². The molecule has 3 N–H and O–H groups in total. The molecule has 1 aromatic rings. The molecule has 0 atom stereocenters. The average molecular weight is 230 g/mol. The van der Waals surface area contributed by atoms with Crippen molar-refractivity contribution in [2.45, 2.75) is 6.54 Å². The summed E-state index contributed by atoms with van der Waals surface area (Å²) in [7, 11) is 0. The number of nitrogens with two attached hydrogens (primary N) is 1. The Labute approximate surface area is 97.6 Å². The molecule has 2 heterocycles. The van der Waals surface area contributed by atoms with Crippen molar-refractivity contribution in [3.05, 3.63) is 24.0 Å². The Morgan fingerprint density at radius 3 is 3.00 bits per heavy atom. The normalized spacial score (nSPS) is 14.9. The van der Waals surface area contributed by atoms with Gasteiger partial charge in [0.2, 0.25) is 0 Å². The number of aromatic nitrogens is 1. The summed E-state index contributed by atoms with van der Waals surface area (Å²) in [5, 5.41) is 16.4. The maximum Gasteiger partial charge on any atom is 0.259 e. The summed E-state index contributed by atoms with van der Waals surface area (Å²) in [5.41, 5.74) is 6.57. The van der Waals surface area contributed by atoms with Crippen LogP contribution in [0.15, 0.2) is 18.5 Å². The highest BCUT2D eigenvalue weighted by atomic mass is 16.2. The molecule has 86 valence electrons. The number of nitriles is 1. The molecular formula is C10H10N6O. The molecule has 1 aromatic heterocycles. The van der Waals surface area contributed by atoms with Gasteiger partial charge in [-0.15, -0.1) is 0 Å². The highest BCUT2D eigenvalue weighted by Gasteiger charge is 2.27. The minimum atomic E-state index is -0.422. The summed E-state index contributed by atoms with van der Waals surface area (Å²) >= 11 is 0. The molecule has 0 aliphatic carbocycles. The lowest BCUT2D eigenvalue weighted by atomic mass is 10.2. The van der Waals surface area contributed by atoms with Crippen LogP contribution < -0.4 is 10.6 Å². The van der Waals surface area contributed by atoms with Gasteiger partial charge in [0.05, 0.1) is 11.9 Å². The van der Waals surface area contributed by atoms with Gasteiger partial charge in [0, 0.05) is 12.7 Å². The van der Waals surface area contributed by atoms with E-state index in [1.54, 1.807) is 12.3 Å². The van der Waals surface area contributed by atoms with Crippen molar-refractivity contribution in [1.82, 2.24) is 9.88 Å². The number of nitrogens with one attached hydrogen (secondary N) is 1. The second-order valence-corrected chi connectivity index (χ2v) is 3.57. The minimum absolute atomic E-state index is 0.0857. The van der Waals surface area contributed by atoms with Crippen LogP contribution in [0.25, 0.3) is 0 Å². The Morgan fingerprint density at radius 2 is 2.35 bits per heavy atom. The van der Waals surface area contributed by atoms with E-state index in [4.69, 9.17) is 16.4 Å². The second kappa shape index (κ2) is 4.09. The first-order valence-corrected chi connectivity index (χ1v) is 4.88. The van der Waals surface area contributed by atoms with E-state index in [1.165, 1.54) is 11.1 Å². The van der Waals surface area contributed by atoms with Crippen molar-refractivity contribution in [3.63, 3.8) is 0 Å². The predicted octanol–water partition coefficient (Wildman–Crippen LogP) is -0.395. The zero-order chi connectivity index (χ0) is 12.4. The van der Waals surface area contributed by atoms with Crippen LogP contribution in [-0.4, -0.2) is 28.3 Å². The van der Waals surface area contributed by atoms with Crippen molar-refractivity contribution in [3.8, 4) is 6.19 Å². The van der Waals surface area contributed by atoms with E-state index in [0.717, 1.165) is 10.5 Å². The lowest BCUT2D eigenvalue weighted by Gasteiger charge is -2.18. The Kier molecular flexibility index (Phi) is 2.62. The number of nitrogens with zero attached hydrogens (tertiary/aromatic N) is 4. The number of pyridine rings is 1. The largest absolute Gasteiger partial charge is 0.370 e. The molecule has 7 nitrogen and oxygen atoms in total. The van der Waals surface area contributed by atoms with Gasteiger partial charge in [0.1, 0.15) is 6.54 Å². The van der Waals surface area contributed by atoms with Gasteiger partial charge in [-0.2, -0.15) is 5.26 Å². The fourth-order valence-corrected chi connectivity index (χ4v) is 1.66. The van der Waals surface area contributed by atoms with Crippen LogP contribution in [0.4, 0.5) is 5.69 Å². The first-order valence-electron chi connectivity index (χ1n) is 4.88. The summed E-state index contributed by atoms with van der Waals surface area (Å²) < 4.78 is 0. The van der Waals surface area contributed by atoms with Gasteiger partial charge in [-0.3, -0.25) is 15.2 Å². The van der Waals surface area contributed by atoms with E-state index in [2.05, 4.69) is 4.98 Å². The van der Waals surface area contributed by atoms with Crippen LogP contribution in [0.5, 0.6) is 0 Å². The van der Waals surface area contributed by atoms with E-state index in [9.17, 15) is 4.79 Å². The lowest BCUT2D eigenvalue weighted by molar-refractivity contribution is -0.118. The lowest BCUT2D eigenvalue weighted by Crippen LogP contribution is -2.41. The molecule has 0 spiro atoms. The highest BCUT2D eigenvalue weighted by molar-refractivity contribution is 6.00. The Balaban J connectivity index is 2.49. The van der Waals surface area contributed by atoms with E-state index in [0.29, 0.717) is 12.2 Å². The van der Waals surface area contributed by atoms with Crippen molar-refractivity contribution < 1.29 is 4.79 Å². The average Bonchev–Trinajstić information content (AvgIpc) is 2.44. The molecule has 7 heteroatoms. The number of carbonyl (C=O) groups excluding carboxylic acids is 1. The predicted molar refractivity (Wildman–Crippen MR) is 59.7 cm³/mol. The fraction of sp³-hybridized carbons (Fsp3) is 0.200. The van der Waals surface area contributed by atoms with Crippen molar-refractivity contribution in [1.29, 1.82) is 10.7 Å². The standard InChI is InChI=1S/C10H10N6O/c11-6-16-8-3-14-2-1-7(8)4-15(10(12)13)5-9(16)17/h1-3H,4-5H2,(H3,12,13). The molecule has 0 saturated carbocycles. The number of carbonyl (C=O) groups is 1.